The summed E-state index contributed by atoms with van der Waals surface area (Å²) in [5, 5.41) is 0. The summed E-state index contributed by atoms with van der Waals surface area (Å²) >= 11 is 16.8. The van der Waals surface area contributed by atoms with Gasteiger partial charge < -0.3 is 4.98 Å². The van der Waals surface area contributed by atoms with Crippen LogP contribution in [0.3, 0.4) is 0 Å². The average Bonchev–Trinajstić information content (AvgIpc) is 2.02. The zero-order chi connectivity index (χ0) is 10.8. The van der Waals surface area contributed by atoms with Crippen molar-refractivity contribution in [1.82, 2.24) is 9.97 Å². The maximum atomic E-state index is 11.2. The van der Waals surface area contributed by atoms with Crippen molar-refractivity contribution in [1.29, 1.82) is 0 Å². The minimum absolute atomic E-state index is 0.0680. The van der Waals surface area contributed by atoms with Crippen LogP contribution in [-0.4, -0.2) is 9.97 Å². The Balaban J connectivity index is 3.14. The summed E-state index contributed by atoms with van der Waals surface area (Å²) < 4.78 is -1.68. The van der Waals surface area contributed by atoms with E-state index in [1.807, 2.05) is 6.92 Å². The third-order valence-corrected chi connectivity index (χ3v) is 2.11. The largest absolute Gasteiger partial charge is 0.307 e. The minimum atomic E-state index is -1.68. The molecule has 0 radical (unpaired) electrons. The van der Waals surface area contributed by atoms with E-state index in [0.29, 0.717) is 12.1 Å². The van der Waals surface area contributed by atoms with Crippen LogP contribution in [-0.2, 0) is 10.2 Å². The quantitative estimate of drug-likeness (QED) is 0.826. The zero-order valence-corrected chi connectivity index (χ0v) is 9.75. The molecule has 1 aromatic heterocycles. The first-order chi connectivity index (χ1) is 6.43. The molecule has 6 heteroatoms. The second-order valence-corrected chi connectivity index (χ2v) is 5.11. The van der Waals surface area contributed by atoms with Crippen LogP contribution in [0.4, 0.5) is 0 Å². The molecule has 1 rings (SSSR count). The van der Waals surface area contributed by atoms with Crippen molar-refractivity contribution in [2.45, 2.75) is 23.6 Å². The van der Waals surface area contributed by atoms with E-state index in [4.69, 9.17) is 34.8 Å². The molecule has 14 heavy (non-hydrogen) atoms. The number of nitrogens with zero attached hydrogens (tertiary/aromatic N) is 1. The number of nitrogens with one attached hydrogen (secondary N) is 1. The van der Waals surface area contributed by atoms with Crippen molar-refractivity contribution in [2.75, 3.05) is 0 Å². The third kappa shape index (κ3) is 3.15. The van der Waals surface area contributed by atoms with Gasteiger partial charge >= 0.3 is 0 Å². The van der Waals surface area contributed by atoms with Crippen molar-refractivity contribution in [3.8, 4) is 0 Å². The van der Waals surface area contributed by atoms with Crippen LogP contribution in [0, 0.1) is 0 Å². The van der Waals surface area contributed by atoms with Gasteiger partial charge in [-0.25, -0.2) is 4.98 Å². The first-order valence-electron chi connectivity index (χ1n) is 4.11. The van der Waals surface area contributed by atoms with Crippen molar-refractivity contribution < 1.29 is 0 Å². The van der Waals surface area contributed by atoms with Crippen LogP contribution in [0.1, 0.15) is 24.9 Å². The molecule has 0 unspecified atom stereocenters. The van der Waals surface area contributed by atoms with Crippen LogP contribution in [0.5, 0.6) is 0 Å². The number of hydrogen-bond donors (Lipinski definition) is 1. The molecule has 0 aliphatic heterocycles. The van der Waals surface area contributed by atoms with Gasteiger partial charge in [-0.3, -0.25) is 4.79 Å². The molecule has 0 aliphatic carbocycles. The van der Waals surface area contributed by atoms with Crippen molar-refractivity contribution in [2.24, 2.45) is 0 Å². The summed E-state index contributed by atoms with van der Waals surface area (Å²) in [5.74, 6) is 0.0680. The number of hydrogen-bond acceptors (Lipinski definition) is 2. The maximum Gasteiger partial charge on any atom is 0.251 e. The molecule has 0 aromatic carbocycles. The molecule has 0 fully saturated rings. The number of halogens is 3. The number of aromatic nitrogens is 2. The van der Waals surface area contributed by atoms with Gasteiger partial charge in [0, 0.05) is 11.8 Å². The number of aryl methyl sites for hydroxylation is 1. The second-order valence-electron chi connectivity index (χ2n) is 2.83. The fraction of sp³-hybridized carbons (Fsp3) is 0.500. The normalized spacial score (nSPS) is 11.7. The molecular formula is C8H9Cl3N2O. The van der Waals surface area contributed by atoms with Crippen LogP contribution in [0.15, 0.2) is 10.9 Å². The van der Waals surface area contributed by atoms with Gasteiger partial charge in [0.25, 0.3) is 5.56 Å². The molecular weight excluding hydrogens is 246 g/mol. The first kappa shape index (κ1) is 11.8. The monoisotopic (exact) mass is 254 g/mol. The second kappa shape index (κ2) is 4.51. The molecule has 0 saturated heterocycles. The van der Waals surface area contributed by atoms with Gasteiger partial charge in [-0.2, -0.15) is 0 Å². The Kier molecular flexibility index (Phi) is 3.81. The molecule has 0 spiro atoms. The van der Waals surface area contributed by atoms with Gasteiger partial charge in [-0.1, -0.05) is 48.1 Å². The first-order valence-corrected chi connectivity index (χ1v) is 5.24. The summed E-state index contributed by atoms with van der Waals surface area (Å²) in [4.78, 5) is 17.6. The molecule has 0 bridgehead atoms. The highest BCUT2D eigenvalue weighted by molar-refractivity contribution is 6.66. The molecule has 0 saturated carbocycles. The van der Waals surface area contributed by atoms with E-state index in [9.17, 15) is 4.79 Å². The predicted octanol–water partition coefficient (Wildman–Crippen LogP) is 2.55. The van der Waals surface area contributed by atoms with Gasteiger partial charge in [0.1, 0.15) is 0 Å². The molecule has 0 amide bonds. The van der Waals surface area contributed by atoms with Gasteiger partial charge in [0.2, 0.25) is 3.79 Å². The topological polar surface area (TPSA) is 45.8 Å². The maximum absolute atomic E-state index is 11.2. The molecule has 1 heterocycles. The Labute approximate surface area is 96.4 Å². The molecule has 1 aromatic rings. The van der Waals surface area contributed by atoms with Crippen LogP contribution in [0.2, 0.25) is 0 Å². The number of aromatic amines is 1. The third-order valence-electron chi connectivity index (χ3n) is 1.57. The van der Waals surface area contributed by atoms with E-state index in [0.717, 1.165) is 6.42 Å². The van der Waals surface area contributed by atoms with E-state index < -0.39 is 3.79 Å². The van der Waals surface area contributed by atoms with Gasteiger partial charge in [0.05, 0.1) is 0 Å². The van der Waals surface area contributed by atoms with E-state index in [2.05, 4.69) is 9.97 Å². The fourth-order valence-electron chi connectivity index (χ4n) is 1.03. The molecule has 0 aliphatic rings. The Morgan fingerprint density at radius 3 is 2.64 bits per heavy atom. The minimum Gasteiger partial charge on any atom is -0.307 e. The molecule has 3 nitrogen and oxygen atoms in total. The lowest BCUT2D eigenvalue weighted by molar-refractivity contribution is 0.830. The predicted molar refractivity (Wildman–Crippen MR) is 58.1 cm³/mol. The lowest BCUT2D eigenvalue weighted by atomic mass is 10.2. The number of alkyl halides is 3. The van der Waals surface area contributed by atoms with Crippen molar-refractivity contribution in [3.63, 3.8) is 0 Å². The molecule has 1 N–H and O–H groups in total. The highest BCUT2D eigenvalue weighted by Gasteiger charge is 2.26. The van der Waals surface area contributed by atoms with Gasteiger partial charge in [-0.05, 0) is 6.42 Å². The summed E-state index contributed by atoms with van der Waals surface area (Å²) in [6.07, 6.45) is 1.58. The summed E-state index contributed by atoms with van der Waals surface area (Å²) in [6, 6.07) is 1.41. The zero-order valence-electron chi connectivity index (χ0n) is 7.48. The Hall–Kier alpha value is -0.250. The van der Waals surface area contributed by atoms with Crippen LogP contribution >= 0.6 is 34.8 Å². The number of rotatable bonds is 2. The molecule has 78 valence electrons. The van der Waals surface area contributed by atoms with Gasteiger partial charge in [0.15, 0.2) is 5.82 Å². The van der Waals surface area contributed by atoms with Crippen molar-refractivity contribution >= 4 is 34.8 Å². The lowest BCUT2D eigenvalue weighted by Crippen LogP contribution is -2.17. The lowest BCUT2D eigenvalue weighted by Gasteiger charge is -2.10. The SMILES string of the molecule is CCCc1cc(=O)[nH]c(C(Cl)(Cl)Cl)n1. The van der Waals surface area contributed by atoms with Crippen LogP contribution < -0.4 is 5.56 Å². The average molecular weight is 256 g/mol. The summed E-state index contributed by atoms with van der Waals surface area (Å²) in [6.45, 7) is 1.98. The summed E-state index contributed by atoms with van der Waals surface area (Å²) in [7, 11) is 0. The molecule has 0 atom stereocenters. The Bertz CT molecular complexity index is 370. The van der Waals surface area contributed by atoms with Crippen LogP contribution in [0.25, 0.3) is 0 Å². The van der Waals surface area contributed by atoms with E-state index in [1.165, 1.54) is 6.07 Å². The summed E-state index contributed by atoms with van der Waals surface area (Å²) in [5.41, 5.74) is 0.336. The van der Waals surface area contributed by atoms with Gasteiger partial charge in [-0.15, -0.1) is 0 Å². The highest BCUT2D eigenvalue weighted by atomic mass is 35.6. The van der Waals surface area contributed by atoms with Crippen molar-refractivity contribution in [3.05, 3.63) is 27.9 Å². The van der Waals surface area contributed by atoms with E-state index in [-0.39, 0.29) is 11.4 Å². The fourth-order valence-corrected chi connectivity index (χ4v) is 1.29. The Morgan fingerprint density at radius 2 is 2.14 bits per heavy atom. The highest BCUT2D eigenvalue weighted by Crippen LogP contribution is 2.35. The van der Waals surface area contributed by atoms with E-state index in [1.54, 1.807) is 0 Å². The smallest absolute Gasteiger partial charge is 0.251 e. The number of H-pyrrole nitrogens is 1. The Morgan fingerprint density at radius 1 is 1.50 bits per heavy atom. The van der Waals surface area contributed by atoms with E-state index >= 15 is 0 Å². The standard InChI is InChI=1S/C8H9Cl3N2O/c1-2-3-5-4-6(14)13-7(12-5)8(9,10)11/h4H,2-3H2,1H3,(H,12,13,14).